The largest absolute Gasteiger partial charge is 0.309 e. The van der Waals surface area contributed by atoms with Crippen molar-refractivity contribution < 1.29 is 4.79 Å². The van der Waals surface area contributed by atoms with Crippen LogP contribution in [0.1, 0.15) is 37.2 Å². The Kier molecular flexibility index (Phi) is 7.12. The van der Waals surface area contributed by atoms with E-state index in [4.69, 9.17) is 0 Å². The average Bonchev–Trinajstić information content (AvgIpc) is 2.40. The molecule has 0 spiro atoms. The predicted octanol–water partition coefficient (Wildman–Crippen LogP) is 3.65. The summed E-state index contributed by atoms with van der Waals surface area (Å²) in [4.78, 5) is 14.5. The van der Waals surface area contributed by atoms with Crippen LogP contribution in [0.4, 0.5) is 0 Å². The highest BCUT2D eigenvalue weighted by atomic mass is 16.1. The molecule has 19 heavy (non-hydrogen) atoms. The van der Waals surface area contributed by atoms with Gasteiger partial charge >= 0.3 is 0 Å². The minimum absolute atomic E-state index is 0.0356. The molecule has 0 saturated carbocycles. The lowest BCUT2D eigenvalue weighted by Crippen LogP contribution is -2.20. The first-order valence-electron chi connectivity index (χ1n) is 6.98. The average molecular weight is 259 g/mol. The van der Waals surface area contributed by atoms with Gasteiger partial charge in [-0.05, 0) is 45.5 Å². The van der Waals surface area contributed by atoms with Gasteiger partial charge in [-0.2, -0.15) is 0 Å². The van der Waals surface area contributed by atoms with Crippen molar-refractivity contribution in [2.24, 2.45) is 0 Å². The van der Waals surface area contributed by atoms with Crippen molar-refractivity contribution in [3.8, 4) is 0 Å². The first-order chi connectivity index (χ1) is 9.15. The molecule has 0 N–H and O–H groups in total. The molecule has 1 aromatic rings. The van der Waals surface area contributed by atoms with Crippen LogP contribution in [0.25, 0.3) is 0 Å². The number of nitrogens with zero attached hydrogens (tertiary/aromatic N) is 1. The van der Waals surface area contributed by atoms with Crippen molar-refractivity contribution in [3.05, 3.63) is 48.6 Å². The number of carbonyl (C=O) groups is 1. The topological polar surface area (TPSA) is 20.3 Å². The summed E-state index contributed by atoms with van der Waals surface area (Å²) in [5, 5.41) is 0. The lowest BCUT2D eigenvalue weighted by atomic mass is 9.89. The summed E-state index contributed by atoms with van der Waals surface area (Å²) in [6, 6.07) is 10.1. The number of unbranched alkanes of at least 4 members (excludes halogenated alkanes) is 1. The Labute approximate surface area is 117 Å². The van der Waals surface area contributed by atoms with E-state index in [0.29, 0.717) is 12.2 Å². The van der Waals surface area contributed by atoms with E-state index in [1.54, 1.807) is 0 Å². The van der Waals surface area contributed by atoms with Crippen LogP contribution in [0, 0.1) is 0 Å². The van der Waals surface area contributed by atoms with Crippen LogP contribution in [0.15, 0.2) is 43.0 Å². The maximum absolute atomic E-state index is 12.4. The van der Waals surface area contributed by atoms with Crippen LogP contribution < -0.4 is 0 Å². The zero-order valence-corrected chi connectivity index (χ0v) is 12.1. The van der Waals surface area contributed by atoms with Crippen molar-refractivity contribution in [2.75, 3.05) is 20.6 Å². The van der Waals surface area contributed by atoms with Crippen molar-refractivity contribution in [1.29, 1.82) is 0 Å². The lowest BCUT2D eigenvalue weighted by molar-refractivity contribution is -0.120. The van der Waals surface area contributed by atoms with Gasteiger partial charge in [0.25, 0.3) is 0 Å². The zero-order chi connectivity index (χ0) is 14.1. The fourth-order valence-electron chi connectivity index (χ4n) is 2.18. The highest BCUT2D eigenvalue weighted by Gasteiger charge is 2.19. The molecule has 0 aliphatic rings. The molecule has 0 amide bonds. The van der Waals surface area contributed by atoms with Crippen LogP contribution >= 0.6 is 0 Å². The van der Waals surface area contributed by atoms with E-state index < -0.39 is 0 Å². The second kappa shape index (κ2) is 8.65. The molecule has 104 valence electrons. The van der Waals surface area contributed by atoms with Gasteiger partial charge in [0.05, 0.1) is 0 Å². The summed E-state index contributed by atoms with van der Waals surface area (Å²) < 4.78 is 0. The minimum Gasteiger partial charge on any atom is -0.309 e. The number of Topliss-reactive ketones (excluding diaryl/α,β-unsaturated/α-hetero) is 1. The van der Waals surface area contributed by atoms with E-state index >= 15 is 0 Å². The van der Waals surface area contributed by atoms with Gasteiger partial charge in [-0.25, -0.2) is 0 Å². The summed E-state index contributed by atoms with van der Waals surface area (Å²) >= 11 is 0. The quantitative estimate of drug-likeness (QED) is 0.498. The molecule has 0 radical (unpaired) electrons. The monoisotopic (exact) mass is 259 g/mol. The minimum atomic E-state index is 0.0356. The Morgan fingerprint density at radius 3 is 2.58 bits per heavy atom. The fraction of sp³-hybridized carbons (Fsp3) is 0.471. The molecule has 1 unspecified atom stereocenters. The summed E-state index contributed by atoms with van der Waals surface area (Å²) in [5.74, 6) is 0.392. The third-order valence-corrected chi connectivity index (χ3v) is 3.29. The van der Waals surface area contributed by atoms with Crippen molar-refractivity contribution in [3.63, 3.8) is 0 Å². The summed E-state index contributed by atoms with van der Waals surface area (Å²) in [5.41, 5.74) is 1.15. The van der Waals surface area contributed by atoms with Gasteiger partial charge in [0.15, 0.2) is 0 Å². The Hall–Kier alpha value is -1.41. The van der Waals surface area contributed by atoms with E-state index in [9.17, 15) is 4.79 Å². The first-order valence-corrected chi connectivity index (χ1v) is 6.98. The molecular weight excluding hydrogens is 234 g/mol. The second-order valence-electron chi connectivity index (χ2n) is 5.20. The van der Waals surface area contributed by atoms with E-state index in [2.05, 4.69) is 23.6 Å². The molecule has 2 heteroatoms. The van der Waals surface area contributed by atoms with Crippen molar-refractivity contribution in [1.82, 2.24) is 4.90 Å². The SMILES string of the molecule is C=CCCCC(=O)C(CCN(C)C)c1ccccc1. The highest BCUT2D eigenvalue weighted by molar-refractivity contribution is 5.85. The maximum Gasteiger partial charge on any atom is 0.140 e. The second-order valence-corrected chi connectivity index (χ2v) is 5.20. The van der Waals surface area contributed by atoms with Gasteiger partial charge in [-0.15, -0.1) is 6.58 Å². The van der Waals surface area contributed by atoms with Crippen LogP contribution in [-0.2, 0) is 4.79 Å². The smallest absolute Gasteiger partial charge is 0.140 e. The van der Waals surface area contributed by atoms with Gasteiger partial charge in [0.2, 0.25) is 0 Å². The molecule has 0 bridgehead atoms. The number of allylic oxidation sites excluding steroid dienone is 1. The number of hydrogen-bond donors (Lipinski definition) is 0. The molecule has 0 aliphatic carbocycles. The van der Waals surface area contributed by atoms with Gasteiger partial charge < -0.3 is 4.90 Å². The Bertz CT molecular complexity index is 384. The number of benzene rings is 1. The molecule has 1 atom stereocenters. The molecule has 1 rings (SSSR count). The molecular formula is C17H25NO. The van der Waals surface area contributed by atoms with E-state index in [-0.39, 0.29) is 5.92 Å². The van der Waals surface area contributed by atoms with E-state index in [1.165, 1.54) is 0 Å². The third-order valence-electron chi connectivity index (χ3n) is 3.29. The summed E-state index contributed by atoms with van der Waals surface area (Å²) in [6.45, 7) is 4.64. The Morgan fingerprint density at radius 1 is 1.32 bits per heavy atom. The van der Waals surface area contributed by atoms with Gasteiger partial charge in [0, 0.05) is 12.3 Å². The molecule has 1 aromatic carbocycles. The summed E-state index contributed by atoms with van der Waals surface area (Å²) in [7, 11) is 4.09. The van der Waals surface area contributed by atoms with Gasteiger partial charge in [-0.1, -0.05) is 36.4 Å². The third kappa shape index (κ3) is 5.84. The van der Waals surface area contributed by atoms with Crippen LogP contribution in [-0.4, -0.2) is 31.3 Å². The first kappa shape index (κ1) is 15.6. The van der Waals surface area contributed by atoms with Crippen molar-refractivity contribution >= 4 is 5.78 Å². The molecule has 0 heterocycles. The Balaban J connectivity index is 2.68. The fourth-order valence-corrected chi connectivity index (χ4v) is 2.18. The molecule has 0 saturated heterocycles. The molecule has 2 nitrogen and oxygen atoms in total. The highest BCUT2D eigenvalue weighted by Crippen LogP contribution is 2.23. The maximum atomic E-state index is 12.4. The molecule has 0 aliphatic heterocycles. The predicted molar refractivity (Wildman–Crippen MR) is 81.4 cm³/mol. The number of rotatable bonds is 9. The number of carbonyl (C=O) groups excluding carboxylic acids is 1. The normalized spacial score (nSPS) is 12.4. The van der Waals surface area contributed by atoms with E-state index in [1.807, 2.05) is 38.4 Å². The number of hydrogen-bond acceptors (Lipinski definition) is 2. The van der Waals surface area contributed by atoms with Crippen LogP contribution in [0.5, 0.6) is 0 Å². The van der Waals surface area contributed by atoms with Gasteiger partial charge in [0.1, 0.15) is 5.78 Å². The lowest BCUT2D eigenvalue weighted by Gasteiger charge is -2.18. The standard InChI is InChI=1S/C17H25NO/c1-4-5-7-12-17(19)16(13-14-18(2)3)15-10-8-6-9-11-15/h4,6,8-11,16H,1,5,7,12-14H2,2-3H3. The zero-order valence-electron chi connectivity index (χ0n) is 12.1. The van der Waals surface area contributed by atoms with Crippen molar-refractivity contribution in [2.45, 2.75) is 31.6 Å². The van der Waals surface area contributed by atoms with Crippen LogP contribution in [0.2, 0.25) is 0 Å². The Morgan fingerprint density at radius 2 is 2.00 bits per heavy atom. The van der Waals surface area contributed by atoms with E-state index in [0.717, 1.165) is 31.4 Å². The molecule has 0 aromatic heterocycles. The van der Waals surface area contributed by atoms with Crippen LogP contribution in [0.3, 0.4) is 0 Å². The summed E-state index contributed by atoms with van der Waals surface area (Å²) in [6.07, 6.45) is 5.25. The van der Waals surface area contributed by atoms with Gasteiger partial charge in [-0.3, -0.25) is 4.79 Å². The molecule has 0 fully saturated rings. The number of ketones is 1.